The highest BCUT2D eigenvalue weighted by Crippen LogP contribution is 2.21. The SMILES string of the molecule is CCc1ccsc1CNCc1c(Cl)c(CC)nn1C. The van der Waals surface area contributed by atoms with Gasteiger partial charge in [-0.15, -0.1) is 11.3 Å². The Labute approximate surface area is 123 Å². The molecule has 104 valence electrons. The molecule has 2 aromatic heterocycles. The van der Waals surface area contributed by atoms with Crippen molar-refractivity contribution < 1.29 is 0 Å². The van der Waals surface area contributed by atoms with Crippen molar-refractivity contribution in [3.05, 3.63) is 38.3 Å². The third kappa shape index (κ3) is 3.19. The standard InChI is InChI=1S/C14H20ClN3S/c1-4-10-6-7-19-13(10)9-16-8-12-14(15)11(5-2)17-18(12)3/h6-7,16H,4-5,8-9H2,1-3H3. The molecular formula is C14H20ClN3S. The van der Waals surface area contributed by atoms with Gasteiger partial charge in [-0.2, -0.15) is 5.10 Å². The number of hydrogen-bond acceptors (Lipinski definition) is 3. The predicted octanol–water partition coefficient (Wildman–Crippen LogP) is 3.55. The summed E-state index contributed by atoms with van der Waals surface area (Å²) in [6, 6.07) is 2.20. The number of rotatable bonds is 6. The van der Waals surface area contributed by atoms with Crippen molar-refractivity contribution in [2.75, 3.05) is 0 Å². The first-order valence-corrected chi connectivity index (χ1v) is 7.89. The highest BCUT2D eigenvalue weighted by Gasteiger charge is 2.12. The van der Waals surface area contributed by atoms with E-state index in [1.54, 1.807) is 0 Å². The molecule has 19 heavy (non-hydrogen) atoms. The van der Waals surface area contributed by atoms with Gasteiger partial charge in [0.1, 0.15) is 0 Å². The maximum atomic E-state index is 6.33. The molecule has 0 bridgehead atoms. The summed E-state index contributed by atoms with van der Waals surface area (Å²) in [5, 5.41) is 10.8. The van der Waals surface area contributed by atoms with Gasteiger partial charge < -0.3 is 5.32 Å². The molecule has 0 saturated heterocycles. The van der Waals surface area contributed by atoms with Crippen molar-refractivity contribution in [1.82, 2.24) is 15.1 Å². The molecule has 0 aliphatic carbocycles. The van der Waals surface area contributed by atoms with Crippen LogP contribution in [0.4, 0.5) is 0 Å². The topological polar surface area (TPSA) is 29.9 Å². The van der Waals surface area contributed by atoms with Gasteiger partial charge in [0.25, 0.3) is 0 Å². The van der Waals surface area contributed by atoms with Gasteiger partial charge in [-0.3, -0.25) is 4.68 Å². The molecule has 2 aromatic rings. The Balaban J connectivity index is 1.98. The number of aryl methyl sites for hydroxylation is 3. The van der Waals surface area contributed by atoms with Crippen LogP contribution in [0.5, 0.6) is 0 Å². The number of hydrogen-bond donors (Lipinski definition) is 1. The fourth-order valence-electron chi connectivity index (χ4n) is 2.14. The van der Waals surface area contributed by atoms with Gasteiger partial charge in [0.2, 0.25) is 0 Å². The Morgan fingerprint density at radius 1 is 1.32 bits per heavy atom. The van der Waals surface area contributed by atoms with Gasteiger partial charge in [0.15, 0.2) is 0 Å². The summed E-state index contributed by atoms with van der Waals surface area (Å²) in [5.74, 6) is 0. The van der Waals surface area contributed by atoms with Gasteiger partial charge in [-0.1, -0.05) is 25.4 Å². The van der Waals surface area contributed by atoms with Crippen molar-refractivity contribution >= 4 is 22.9 Å². The van der Waals surface area contributed by atoms with E-state index in [0.717, 1.165) is 42.3 Å². The van der Waals surface area contributed by atoms with E-state index in [0.29, 0.717) is 0 Å². The summed E-state index contributed by atoms with van der Waals surface area (Å²) in [5.41, 5.74) is 3.47. The maximum Gasteiger partial charge on any atom is 0.0863 e. The molecule has 0 unspecified atom stereocenters. The Hall–Kier alpha value is -0.840. The zero-order chi connectivity index (χ0) is 13.8. The second-order valence-corrected chi connectivity index (χ2v) is 5.89. The van der Waals surface area contributed by atoms with Crippen LogP contribution in [0.25, 0.3) is 0 Å². The molecule has 0 radical (unpaired) electrons. The van der Waals surface area contributed by atoms with Crippen LogP contribution >= 0.6 is 22.9 Å². The molecule has 3 nitrogen and oxygen atoms in total. The molecule has 0 aliphatic heterocycles. The molecule has 0 atom stereocenters. The van der Waals surface area contributed by atoms with Crippen molar-refractivity contribution in [3.8, 4) is 0 Å². The zero-order valence-corrected chi connectivity index (χ0v) is 13.2. The second kappa shape index (κ2) is 6.55. The van der Waals surface area contributed by atoms with Crippen molar-refractivity contribution in [2.24, 2.45) is 7.05 Å². The summed E-state index contributed by atoms with van der Waals surface area (Å²) in [7, 11) is 1.95. The average molecular weight is 298 g/mol. The Morgan fingerprint density at radius 3 is 2.74 bits per heavy atom. The van der Waals surface area contributed by atoms with Gasteiger partial charge in [0.05, 0.1) is 16.4 Å². The smallest absolute Gasteiger partial charge is 0.0863 e. The van der Waals surface area contributed by atoms with Crippen molar-refractivity contribution in [2.45, 2.75) is 39.8 Å². The third-order valence-electron chi connectivity index (χ3n) is 3.30. The lowest BCUT2D eigenvalue weighted by molar-refractivity contribution is 0.625. The second-order valence-electron chi connectivity index (χ2n) is 4.51. The number of thiophene rings is 1. The summed E-state index contributed by atoms with van der Waals surface area (Å²) >= 11 is 8.14. The average Bonchev–Trinajstić information content (AvgIpc) is 2.96. The van der Waals surface area contributed by atoms with Crippen LogP contribution in [0.2, 0.25) is 5.02 Å². The quantitative estimate of drug-likeness (QED) is 0.884. The maximum absolute atomic E-state index is 6.33. The first-order valence-electron chi connectivity index (χ1n) is 6.63. The lowest BCUT2D eigenvalue weighted by atomic mass is 10.2. The fraction of sp³-hybridized carbons (Fsp3) is 0.500. The molecule has 0 aliphatic rings. The van der Waals surface area contributed by atoms with Gasteiger partial charge in [-0.05, 0) is 29.9 Å². The first-order chi connectivity index (χ1) is 9.17. The number of aromatic nitrogens is 2. The lowest BCUT2D eigenvalue weighted by Crippen LogP contribution is -2.15. The number of nitrogens with one attached hydrogen (secondary N) is 1. The van der Waals surface area contributed by atoms with Crippen LogP contribution in [0.1, 0.15) is 35.7 Å². The highest BCUT2D eigenvalue weighted by molar-refractivity contribution is 7.10. The summed E-state index contributed by atoms with van der Waals surface area (Å²) in [6.07, 6.45) is 1.96. The largest absolute Gasteiger partial charge is 0.306 e. The van der Waals surface area contributed by atoms with Crippen LogP contribution in [-0.4, -0.2) is 9.78 Å². The Kier molecular flexibility index (Phi) is 5.02. The molecule has 0 spiro atoms. The van der Waals surface area contributed by atoms with Gasteiger partial charge in [-0.25, -0.2) is 0 Å². The van der Waals surface area contributed by atoms with Crippen LogP contribution < -0.4 is 5.32 Å². The van der Waals surface area contributed by atoms with E-state index in [1.165, 1.54) is 10.4 Å². The molecule has 2 rings (SSSR count). The van der Waals surface area contributed by atoms with E-state index in [2.05, 4.69) is 35.7 Å². The Bertz CT molecular complexity index is 545. The molecule has 0 aromatic carbocycles. The van der Waals surface area contributed by atoms with E-state index < -0.39 is 0 Å². The Morgan fingerprint density at radius 2 is 2.11 bits per heavy atom. The molecule has 2 heterocycles. The van der Waals surface area contributed by atoms with E-state index >= 15 is 0 Å². The fourth-order valence-corrected chi connectivity index (χ4v) is 3.45. The van der Waals surface area contributed by atoms with E-state index in [4.69, 9.17) is 11.6 Å². The first kappa shape index (κ1) is 14.6. The minimum Gasteiger partial charge on any atom is -0.306 e. The molecule has 0 fully saturated rings. The van der Waals surface area contributed by atoms with Crippen LogP contribution in [-0.2, 0) is 33.0 Å². The van der Waals surface area contributed by atoms with E-state index in [9.17, 15) is 0 Å². The summed E-state index contributed by atoms with van der Waals surface area (Å²) in [4.78, 5) is 1.41. The van der Waals surface area contributed by atoms with Crippen LogP contribution in [0, 0.1) is 0 Å². The lowest BCUT2D eigenvalue weighted by Gasteiger charge is -2.06. The molecule has 0 saturated carbocycles. The minimum atomic E-state index is 0.753. The van der Waals surface area contributed by atoms with E-state index in [1.807, 2.05) is 23.1 Å². The number of halogens is 1. The summed E-state index contributed by atoms with van der Waals surface area (Å²) in [6.45, 7) is 5.91. The van der Waals surface area contributed by atoms with Gasteiger partial charge in [0, 0.05) is 25.0 Å². The zero-order valence-electron chi connectivity index (χ0n) is 11.7. The number of nitrogens with zero attached hydrogens (tertiary/aromatic N) is 2. The van der Waals surface area contributed by atoms with Crippen LogP contribution in [0.15, 0.2) is 11.4 Å². The molecule has 0 amide bonds. The summed E-state index contributed by atoms with van der Waals surface area (Å²) < 4.78 is 1.88. The normalized spacial score (nSPS) is 11.2. The minimum absolute atomic E-state index is 0.753. The molecule has 5 heteroatoms. The monoisotopic (exact) mass is 297 g/mol. The highest BCUT2D eigenvalue weighted by atomic mass is 35.5. The molecular weight excluding hydrogens is 278 g/mol. The third-order valence-corrected chi connectivity index (χ3v) is 4.70. The van der Waals surface area contributed by atoms with E-state index in [-0.39, 0.29) is 0 Å². The van der Waals surface area contributed by atoms with Crippen molar-refractivity contribution in [1.29, 1.82) is 0 Å². The van der Waals surface area contributed by atoms with Crippen LogP contribution in [0.3, 0.4) is 0 Å². The van der Waals surface area contributed by atoms with Gasteiger partial charge >= 0.3 is 0 Å². The predicted molar refractivity (Wildman–Crippen MR) is 81.8 cm³/mol. The van der Waals surface area contributed by atoms with Crippen molar-refractivity contribution in [3.63, 3.8) is 0 Å². The molecule has 1 N–H and O–H groups in total.